The molecule has 0 aliphatic heterocycles. The molecule has 0 spiro atoms. The third-order valence-corrected chi connectivity index (χ3v) is 4.31. The highest BCUT2D eigenvalue weighted by atomic mass is 32.2. The van der Waals surface area contributed by atoms with Gasteiger partial charge in [0.1, 0.15) is 0 Å². The van der Waals surface area contributed by atoms with Crippen LogP contribution in [0.4, 0.5) is 0 Å². The lowest BCUT2D eigenvalue weighted by Gasteiger charge is -2.06. The van der Waals surface area contributed by atoms with Crippen molar-refractivity contribution in [3.8, 4) is 0 Å². The number of hydrogen-bond donors (Lipinski definition) is 0. The first-order valence-corrected chi connectivity index (χ1v) is 7.59. The van der Waals surface area contributed by atoms with Gasteiger partial charge in [-0.15, -0.1) is 0 Å². The molecular formula is C16H18OS. The summed E-state index contributed by atoms with van der Waals surface area (Å²) in [5, 5.41) is 0. The van der Waals surface area contributed by atoms with Crippen molar-refractivity contribution in [3.05, 3.63) is 70.8 Å². The average Bonchev–Trinajstić information content (AvgIpc) is 2.35. The van der Waals surface area contributed by atoms with Gasteiger partial charge in [-0.1, -0.05) is 54.1 Å². The second-order valence-electron chi connectivity index (χ2n) is 4.64. The van der Waals surface area contributed by atoms with E-state index in [1.807, 2.05) is 12.1 Å². The van der Waals surface area contributed by atoms with Crippen molar-refractivity contribution in [2.75, 3.05) is 0 Å². The van der Waals surface area contributed by atoms with E-state index < -0.39 is 10.8 Å². The van der Waals surface area contributed by atoms with Crippen LogP contribution in [0, 0.1) is 13.8 Å². The zero-order chi connectivity index (χ0) is 13.0. The minimum Gasteiger partial charge on any atom is -0.259 e. The molecule has 0 saturated carbocycles. The molecule has 0 unspecified atom stereocenters. The largest absolute Gasteiger partial charge is 0.259 e. The Labute approximate surface area is 111 Å². The first kappa shape index (κ1) is 13.0. The van der Waals surface area contributed by atoms with E-state index in [1.54, 1.807) is 0 Å². The molecule has 0 radical (unpaired) electrons. The van der Waals surface area contributed by atoms with Crippen LogP contribution in [0.5, 0.6) is 0 Å². The second-order valence-corrected chi connectivity index (χ2v) is 6.10. The molecule has 0 aromatic heterocycles. The molecule has 2 heteroatoms. The summed E-state index contributed by atoms with van der Waals surface area (Å²) in [6, 6.07) is 16.4. The minimum absolute atomic E-state index is 0.634. The van der Waals surface area contributed by atoms with E-state index in [0.717, 1.165) is 5.56 Å². The van der Waals surface area contributed by atoms with Crippen molar-refractivity contribution < 1.29 is 4.21 Å². The number of benzene rings is 2. The summed E-state index contributed by atoms with van der Waals surface area (Å²) >= 11 is 0. The fourth-order valence-corrected chi connectivity index (χ4v) is 3.20. The van der Waals surface area contributed by atoms with E-state index in [-0.39, 0.29) is 0 Å². The standard InChI is InChI=1S/C16H18OS/c1-13-7-9-15(10-8-13)11-18(17)12-16-6-4-3-5-14(16)2/h3-10H,11-12H2,1-2H3/t18-/m0/s1. The monoisotopic (exact) mass is 258 g/mol. The molecule has 18 heavy (non-hydrogen) atoms. The van der Waals surface area contributed by atoms with Crippen LogP contribution < -0.4 is 0 Å². The molecule has 2 rings (SSSR count). The molecule has 2 aromatic carbocycles. The lowest BCUT2D eigenvalue weighted by molar-refractivity contribution is 0.682. The molecule has 1 atom stereocenters. The van der Waals surface area contributed by atoms with E-state index >= 15 is 0 Å². The third-order valence-electron chi connectivity index (χ3n) is 3.03. The Morgan fingerprint density at radius 3 is 2.22 bits per heavy atom. The highest BCUT2D eigenvalue weighted by molar-refractivity contribution is 7.83. The predicted molar refractivity (Wildman–Crippen MR) is 77.9 cm³/mol. The summed E-state index contributed by atoms with van der Waals surface area (Å²) in [4.78, 5) is 0. The van der Waals surface area contributed by atoms with Gasteiger partial charge in [-0.05, 0) is 30.5 Å². The summed E-state index contributed by atoms with van der Waals surface area (Å²) < 4.78 is 12.1. The lowest BCUT2D eigenvalue weighted by atomic mass is 10.1. The zero-order valence-corrected chi connectivity index (χ0v) is 11.7. The van der Waals surface area contributed by atoms with Gasteiger partial charge in [0, 0.05) is 22.3 Å². The summed E-state index contributed by atoms with van der Waals surface area (Å²) in [6.45, 7) is 4.13. The van der Waals surface area contributed by atoms with E-state index in [2.05, 4.69) is 50.2 Å². The molecule has 0 saturated heterocycles. The van der Waals surface area contributed by atoms with Gasteiger partial charge in [-0.3, -0.25) is 4.21 Å². The summed E-state index contributed by atoms with van der Waals surface area (Å²) in [5.74, 6) is 1.27. The van der Waals surface area contributed by atoms with Crippen molar-refractivity contribution in [2.45, 2.75) is 25.4 Å². The van der Waals surface area contributed by atoms with Crippen molar-refractivity contribution >= 4 is 10.8 Å². The molecule has 0 aliphatic rings. The maximum atomic E-state index is 12.1. The maximum Gasteiger partial charge on any atom is 0.0491 e. The van der Waals surface area contributed by atoms with Crippen LogP contribution in [0.3, 0.4) is 0 Å². The van der Waals surface area contributed by atoms with Crippen molar-refractivity contribution in [1.82, 2.24) is 0 Å². The van der Waals surface area contributed by atoms with Crippen LogP contribution in [-0.4, -0.2) is 4.21 Å². The molecule has 2 aromatic rings. The summed E-state index contributed by atoms with van der Waals surface area (Å²) in [5.41, 5.74) is 4.79. The highest BCUT2D eigenvalue weighted by Gasteiger charge is 2.05. The molecule has 0 bridgehead atoms. The number of rotatable bonds is 4. The Kier molecular flexibility index (Phi) is 4.32. The van der Waals surface area contributed by atoms with Crippen LogP contribution >= 0.6 is 0 Å². The highest BCUT2D eigenvalue weighted by Crippen LogP contribution is 2.13. The van der Waals surface area contributed by atoms with Crippen molar-refractivity contribution in [3.63, 3.8) is 0 Å². The quantitative estimate of drug-likeness (QED) is 0.816. The number of aryl methyl sites for hydroxylation is 2. The van der Waals surface area contributed by atoms with Gasteiger partial charge >= 0.3 is 0 Å². The van der Waals surface area contributed by atoms with Gasteiger partial charge in [0.15, 0.2) is 0 Å². The predicted octanol–water partition coefficient (Wildman–Crippen LogP) is 3.75. The Morgan fingerprint density at radius 2 is 1.56 bits per heavy atom. The summed E-state index contributed by atoms with van der Waals surface area (Å²) in [7, 11) is -0.839. The minimum atomic E-state index is -0.839. The lowest BCUT2D eigenvalue weighted by Crippen LogP contribution is -2.01. The SMILES string of the molecule is Cc1ccc(C[S@](=O)Cc2ccccc2C)cc1. The van der Waals surface area contributed by atoms with Gasteiger partial charge in [0.2, 0.25) is 0 Å². The van der Waals surface area contributed by atoms with Gasteiger partial charge in [-0.2, -0.15) is 0 Å². The van der Waals surface area contributed by atoms with Gasteiger partial charge in [0.25, 0.3) is 0 Å². The normalized spacial score (nSPS) is 12.3. The van der Waals surface area contributed by atoms with E-state index in [4.69, 9.17) is 0 Å². The molecule has 1 nitrogen and oxygen atoms in total. The average molecular weight is 258 g/mol. The smallest absolute Gasteiger partial charge is 0.0491 e. The fraction of sp³-hybridized carbons (Fsp3) is 0.250. The van der Waals surface area contributed by atoms with Crippen LogP contribution in [-0.2, 0) is 22.3 Å². The molecule has 0 fully saturated rings. The number of hydrogen-bond acceptors (Lipinski definition) is 1. The van der Waals surface area contributed by atoms with Crippen molar-refractivity contribution in [2.24, 2.45) is 0 Å². The summed E-state index contributed by atoms with van der Waals surface area (Å²) in [6.07, 6.45) is 0. The fourth-order valence-electron chi connectivity index (χ4n) is 1.87. The van der Waals surface area contributed by atoms with Crippen LogP contribution in [0.25, 0.3) is 0 Å². The Bertz CT molecular complexity index is 543. The Morgan fingerprint density at radius 1 is 0.889 bits per heavy atom. The van der Waals surface area contributed by atoms with Gasteiger partial charge < -0.3 is 0 Å². The second kappa shape index (κ2) is 5.96. The molecule has 0 heterocycles. The van der Waals surface area contributed by atoms with Gasteiger partial charge in [-0.25, -0.2) is 0 Å². The Hall–Kier alpha value is -1.41. The zero-order valence-electron chi connectivity index (χ0n) is 10.8. The first-order valence-electron chi connectivity index (χ1n) is 6.10. The van der Waals surface area contributed by atoms with Gasteiger partial charge in [0.05, 0.1) is 0 Å². The molecule has 0 N–H and O–H groups in total. The van der Waals surface area contributed by atoms with Crippen LogP contribution in [0.2, 0.25) is 0 Å². The first-order chi connectivity index (χ1) is 8.65. The van der Waals surface area contributed by atoms with E-state index in [1.165, 1.54) is 16.7 Å². The molecular weight excluding hydrogens is 240 g/mol. The molecule has 0 amide bonds. The van der Waals surface area contributed by atoms with Crippen LogP contribution in [0.15, 0.2) is 48.5 Å². The van der Waals surface area contributed by atoms with Crippen molar-refractivity contribution in [1.29, 1.82) is 0 Å². The Balaban J connectivity index is 2.01. The third kappa shape index (κ3) is 3.54. The van der Waals surface area contributed by atoms with E-state index in [0.29, 0.717) is 11.5 Å². The molecule has 0 aliphatic carbocycles. The maximum absolute atomic E-state index is 12.1. The van der Waals surface area contributed by atoms with Crippen LogP contribution in [0.1, 0.15) is 22.3 Å². The van der Waals surface area contributed by atoms with E-state index in [9.17, 15) is 4.21 Å². The topological polar surface area (TPSA) is 17.1 Å². The molecule has 94 valence electrons.